The van der Waals surface area contributed by atoms with Gasteiger partial charge in [0.15, 0.2) is 0 Å². The molecule has 4 heteroatoms. The zero-order chi connectivity index (χ0) is 11.6. The van der Waals surface area contributed by atoms with Crippen molar-refractivity contribution in [3.05, 3.63) is 12.3 Å². The molecule has 1 heterocycles. The number of aromatic nitrogens is 2. The Hall–Kier alpha value is -1.32. The van der Waals surface area contributed by atoms with Gasteiger partial charge in [-0.3, -0.25) is 0 Å². The van der Waals surface area contributed by atoms with Crippen molar-refractivity contribution < 1.29 is 4.74 Å². The number of nitrogens with one attached hydrogen (secondary N) is 1. The summed E-state index contributed by atoms with van der Waals surface area (Å²) < 4.78 is 5.46. The lowest BCUT2D eigenvalue weighted by atomic mass is 10.2. The molecule has 1 aliphatic carbocycles. The van der Waals surface area contributed by atoms with Gasteiger partial charge in [-0.15, -0.1) is 0 Å². The fourth-order valence-corrected chi connectivity index (χ4v) is 1.57. The van der Waals surface area contributed by atoms with E-state index in [2.05, 4.69) is 36.1 Å². The number of anilines is 1. The molecule has 0 amide bonds. The smallest absolute Gasteiger partial charge is 0.226 e. The fourth-order valence-electron chi connectivity index (χ4n) is 1.57. The van der Waals surface area contributed by atoms with Crippen LogP contribution >= 0.6 is 0 Å². The van der Waals surface area contributed by atoms with Gasteiger partial charge < -0.3 is 10.1 Å². The molecule has 0 aromatic carbocycles. The first-order valence-corrected chi connectivity index (χ1v) is 5.84. The predicted molar refractivity (Wildman–Crippen MR) is 63.6 cm³/mol. The van der Waals surface area contributed by atoms with Crippen molar-refractivity contribution >= 4 is 5.95 Å². The predicted octanol–water partition coefficient (Wildman–Crippen LogP) is 2.48. The fraction of sp³-hybridized carbons (Fsp3) is 0.667. The molecule has 88 valence electrons. The van der Waals surface area contributed by atoms with Crippen LogP contribution < -0.4 is 10.1 Å². The average Bonchev–Trinajstić information content (AvgIpc) is 2.83. The minimum atomic E-state index is 0.379. The maximum atomic E-state index is 5.46. The van der Waals surface area contributed by atoms with E-state index < -0.39 is 0 Å². The van der Waals surface area contributed by atoms with E-state index in [4.69, 9.17) is 4.74 Å². The second kappa shape index (κ2) is 4.28. The maximum Gasteiger partial charge on any atom is 0.226 e. The van der Waals surface area contributed by atoms with Gasteiger partial charge in [0.25, 0.3) is 0 Å². The Morgan fingerprint density at radius 2 is 2.31 bits per heavy atom. The van der Waals surface area contributed by atoms with Gasteiger partial charge in [-0.25, -0.2) is 4.98 Å². The second-order valence-electron chi connectivity index (χ2n) is 4.96. The highest BCUT2D eigenvalue weighted by Gasteiger charge is 2.46. The number of hydrogen-bond donors (Lipinski definition) is 1. The molecule has 1 fully saturated rings. The summed E-state index contributed by atoms with van der Waals surface area (Å²) in [6, 6.07) is 2.28. The lowest BCUT2D eigenvalue weighted by Crippen LogP contribution is -2.11. The van der Waals surface area contributed by atoms with Gasteiger partial charge in [0.05, 0.1) is 6.61 Å². The van der Waals surface area contributed by atoms with Crippen molar-refractivity contribution in [1.29, 1.82) is 0 Å². The molecule has 0 radical (unpaired) electrons. The Morgan fingerprint density at radius 1 is 1.56 bits per heavy atom. The van der Waals surface area contributed by atoms with Crippen LogP contribution in [-0.2, 0) is 0 Å². The largest absolute Gasteiger partial charge is 0.478 e. The van der Waals surface area contributed by atoms with E-state index in [9.17, 15) is 0 Å². The lowest BCUT2D eigenvalue weighted by molar-refractivity contribution is 0.305. The molecule has 0 spiro atoms. The van der Waals surface area contributed by atoms with Gasteiger partial charge in [0.1, 0.15) is 0 Å². The SMILES string of the molecule is CCCOc1ccnc(NC2CC2(C)C)n1. The van der Waals surface area contributed by atoms with Crippen molar-refractivity contribution in [3.63, 3.8) is 0 Å². The Labute approximate surface area is 96.4 Å². The van der Waals surface area contributed by atoms with E-state index in [1.54, 1.807) is 12.3 Å². The van der Waals surface area contributed by atoms with Crippen molar-refractivity contribution in [2.75, 3.05) is 11.9 Å². The van der Waals surface area contributed by atoms with Crippen LogP contribution in [0, 0.1) is 5.41 Å². The lowest BCUT2D eigenvalue weighted by Gasteiger charge is -2.08. The summed E-state index contributed by atoms with van der Waals surface area (Å²) >= 11 is 0. The van der Waals surface area contributed by atoms with E-state index >= 15 is 0 Å². The highest BCUT2D eigenvalue weighted by Crippen LogP contribution is 2.46. The third kappa shape index (κ3) is 2.62. The normalized spacial score (nSPS) is 21.6. The molecular formula is C12H19N3O. The van der Waals surface area contributed by atoms with Crippen LogP contribution in [0.25, 0.3) is 0 Å². The number of rotatable bonds is 5. The molecule has 1 aromatic rings. The molecule has 4 nitrogen and oxygen atoms in total. The molecule has 1 saturated carbocycles. The van der Waals surface area contributed by atoms with Crippen LogP contribution in [0.1, 0.15) is 33.6 Å². The summed E-state index contributed by atoms with van der Waals surface area (Å²) in [5, 5.41) is 3.32. The van der Waals surface area contributed by atoms with Crippen LogP contribution in [0.4, 0.5) is 5.95 Å². The molecule has 1 atom stereocenters. The van der Waals surface area contributed by atoms with E-state index in [-0.39, 0.29) is 0 Å². The summed E-state index contributed by atoms with van der Waals surface area (Å²) in [5.41, 5.74) is 0.379. The average molecular weight is 221 g/mol. The van der Waals surface area contributed by atoms with E-state index in [1.807, 2.05) is 0 Å². The highest BCUT2D eigenvalue weighted by atomic mass is 16.5. The first kappa shape index (κ1) is 11.2. The van der Waals surface area contributed by atoms with Crippen LogP contribution in [-0.4, -0.2) is 22.6 Å². The van der Waals surface area contributed by atoms with Crippen LogP contribution in [0.5, 0.6) is 5.88 Å². The number of nitrogens with zero attached hydrogens (tertiary/aromatic N) is 2. The van der Waals surface area contributed by atoms with E-state index in [0.717, 1.165) is 6.42 Å². The van der Waals surface area contributed by atoms with Crippen LogP contribution in [0.3, 0.4) is 0 Å². The summed E-state index contributed by atoms with van der Waals surface area (Å²) in [5.74, 6) is 1.32. The number of hydrogen-bond acceptors (Lipinski definition) is 4. The minimum Gasteiger partial charge on any atom is -0.478 e. The van der Waals surface area contributed by atoms with Crippen molar-refractivity contribution in [1.82, 2.24) is 9.97 Å². The molecule has 2 rings (SSSR count). The summed E-state index contributed by atoms with van der Waals surface area (Å²) in [4.78, 5) is 8.50. The van der Waals surface area contributed by atoms with Crippen LogP contribution in [0.2, 0.25) is 0 Å². The molecule has 0 saturated heterocycles. The van der Waals surface area contributed by atoms with Gasteiger partial charge >= 0.3 is 0 Å². The second-order valence-corrected chi connectivity index (χ2v) is 4.96. The summed E-state index contributed by atoms with van der Waals surface area (Å²) in [6.07, 6.45) is 3.90. The Bertz CT molecular complexity index is 365. The monoisotopic (exact) mass is 221 g/mol. The minimum absolute atomic E-state index is 0.379. The molecule has 1 aromatic heterocycles. The molecule has 0 bridgehead atoms. The molecule has 1 aliphatic rings. The highest BCUT2D eigenvalue weighted by molar-refractivity contribution is 5.33. The zero-order valence-corrected chi connectivity index (χ0v) is 10.2. The molecule has 16 heavy (non-hydrogen) atoms. The van der Waals surface area contributed by atoms with Gasteiger partial charge in [-0.05, 0) is 18.3 Å². The molecule has 1 N–H and O–H groups in total. The topological polar surface area (TPSA) is 47.0 Å². The van der Waals surface area contributed by atoms with E-state index in [1.165, 1.54) is 6.42 Å². The molecule has 1 unspecified atom stereocenters. The van der Waals surface area contributed by atoms with Crippen molar-refractivity contribution in [3.8, 4) is 5.88 Å². The van der Waals surface area contributed by atoms with Gasteiger partial charge in [0, 0.05) is 18.3 Å². The molecular weight excluding hydrogens is 202 g/mol. The zero-order valence-electron chi connectivity index (χ0n) is 10.2. The Balaban J connectivity index is 1.94. The van der Waals surface area contributed by atoms with Gasteiger partial charge in [-0.2, -0.15) is 4.98 Å². The van der Waals surface area contributed by atoms with Gasteiger partial charge in [-0.1, -0.05) is 20.8 Å². The van der Waals surface area contributed by atoms with Crippen molar-refractivity contribution in [2.45, 2.75) is 39.7 Å². The quantitative estimate of drug-likeness (QED) is 0.829. The molecule has 0 aliphatic heterocycles. The Morgan fingerprint density at radius 3 is 2.94 bits per heavy atom. The first-order valence-electron chi connectivity index (χ1n) is 5.84. The number of ether oxygens (including phenoxy) is 1. The van der Waals surface area contributed by atoms with Gasteiger partial charge in [0.2, 0.25) is 11.8 Å². The van der Waals surface area contributed by atoms with E-state index in [0.29, 0.717) is 29.9 Å². The standard InChI is InChI=1S/C12H19N3O/c1-4-7-16-10-5-6-13-11(15-10)14-9-8-12(9,2)3/h5-6,9H,4,7-8H2,1-3H3,(H,13,14,15). The third-order valence-corrected chi connectivity index (χ3v) is 2.90. The summed E-state index contributed by atoms with van der Waals surface area (Å²) in [6.45, 7) is 7.25. The maximum absolute atomic E-state index is 5.46. The first-order chi connectivity index (χ1) is 7.62. The van der Waals surface area contributed by atoms with Crippen LogP contribution in [0.15, 0.2) is 12.3 Å². The Kier molecular flexibility index (Phi) is 2.99. The summed E-state index contributed by atoms with van der Waals surface area (Å²) in [7, 11) is 0. The van der Waals surface area contributed by atoms with Crippen molar-refractivity contribution in [2.24, 2.45) is 5.41 Å². The third-order valence-electron chi connectivity index (χ3n) is 2.90.